The normalized spacial score (nSPS) is 22.4. The van der Waals surface area contributed by atoms with Gasteiger partial charge in [0.1, 0.15) is 17.4 Å². The lowest BCUT2D eigenvalue weighted by atomic mass is 9.88. The molecule has 5 rings (SSSR count). The van der Waals surface area contributed by atoms with Gasteiger partial charge in [-0.2, -0.15) is 0 Å². The van der Waals surface area contributed by atoms with Gasteiger partial charge in [0.05, 0.1) is 45.1 Å². The quantitative estimate of drug-likeness (QED) is 0.236. The van der Waals surface area contributed by atoms with Crippen LogP contribution < -0.4 is 15.4 Å². The molecule has 1 aliphatic carbocycles. The third-order valence-corrected chi connectivity index (χ3v) is 8.87. The number of carbonyl (C=O) groups is 4. The fourth-order valence-corrected chi connectivity index (χ4v) is 5.73. The van der Waals surface area contributed by atoms with Crippen LogP contribution in [0.25, 0.3) is 0 Å². The second-order valence-corrected chi connectivity index (χ2v) is 12.5. The number of ether oxygens (including phenoxy) is 3. The smallest absolute Gasteiger partial charge is 0.234 e. The zero-order chi connectivity index (χ0) is 32.0. The fraction of sp³-hybridized carbons (Fsp3) is 0.529. The van der Waals surface area contributed by atoms with Crippen LogP contribution in [0.1, 0.15) is 37.3 Å². The highest BCUT2D eigenvalue weighted by Crippen LogP contribution is 2.39. The Balaban J connectivity index is 1.34. The summed E-state index contributed by atoms with van der Waals surface area (Å²) in [4.78, 5) is 56.2. The molecule has 11 nitrogen and oxygen atoms in total. The van der Waals surface area contributed by atoms with E-state index >= 15 is 0 Å². The van der Waals surface area contributed by atoms with Crippen molar-refractivity contribution in [2.75, 3.05) is 46.6 Å². The SMILES string of the molecule is COc1ccc(CC(CC(=O)C(NC(=O)CN2CCOCC2)C2(O)CC2)C(=O)NC(Cc2ccccc2)C(=O)C2(C)CO2)cc1. The van der Waals surface area contributed by atoms with E-state index in [1.54, 1.807) is 26.2 Å². The van der Waals surface area contributed by atoms with E-state index in [4.69, 9.17) is 14.2 Å². The molecule has 1 saturated carbocycles. The molecule has 2 saturated heterocycles. The Kier molecular flexibility index (Phi) is 10.3. The molecule has 2 aromatic rings. The minimum absolute atomic E-state index is 0.0864. The van der Waals surface area contributed by atoms with Gasteiger partial charge in [0.15, 0.2) is 11.6 Å². The minimum Gasteiger partial charge on any atom is -0.497 e. The zero-order valence-electron chi connectivity index (χ0n) is 26.0. The number of methoxy groups -OCH3 is 1. The Morgan fingerprint density at radius 1 is 0.956 bits per heavy atom. The molecule has 4 unspecified atom stereocenters. The summed E-state index contributed by atoms with van der Waals surface area (Å²) in [5.74, 6) is -1.69. The first-order chi connectivity index (χ1) is 21.6. The van der Waals surface area contributed by atoms with Gasteiger partial charge in [-0.3, -0.25) is 24.1 Å². The van der Waals surface area contributed by atoms with E-state index in [1.165, 1.54) is 0 Å². The number of benzene rings is 2. The molecule has 3 N–H and O–H groups in total. The zero-order valence-corrected chi connectivity index (χ0v) is 26.0. The number of carbonyl (C=O) groups excluding carboxylic acids is 4. The largest absolute Gasteiger partial charge is 0.497 e. The molecule has 0 spiro atoms. The molecule has 11 heteroatoms. The van der Waals surface area contributed by atoms with E-state index in [-0.39, 0.29) is 44.1 Å². The first-order valence-corrected chi connectivity index (χ1v) is 15.6. The van der Waals surface area contributed by atoms with Crippen LogP contribution in [-0.4, -0.2) is 103 Å². The lowest BCUT2D eigenvalue weighted by Gasteiger charge is -2.29. The Morgan fingerprint density at radius 2 is 1.60 bits per heavy atom. The Labute approximate surface area is 263 Å². The number of amides is 2. The van der Waals surface area contributed by atoms with Gasteiger partial charge in [0.2, 0.25) is 11.8 Å². The van der Waals surface area contributed by atoms with E-state index in [2.05, 4.69) is 10.6 Å². The maximum absolute atomic E-state index is 14.0. The monoisotopic (exact) mass is 621 g/mol. The van der Waals surface area contributed by atoms with Crippen LogP contribution in [0.15, 0.2) is 54.6 Å². The number of aliphatic hydroxyl groups is 1. The van der Waals surface area contributed by atoms with Gasteiger partial charge >= 0.3 is 0 Å². The predicted octanol–water partition coefficient (Wildman–Crippen LogP) is 1.24. The van der Waals surface area contributed by atoms with Crippen molar-refractivity contribution in [3.05, 3.63) is 65.7 Å². The number of nitrogens with one attached hydrogen (secondary N) is 2. The van der Waals surface area contributed by atoms with Crippen LogP contribution in [0, 0.1) is 5.92 Å². The number of hydrogen-bond donors (Lipinski definition) is 3. The number of hydrogen-bond acceptors (Lipinski definition) is 9. The maximum Gasteiger partial charge on any atom is 0.234 e. The number of Topliss-reactive ketones (excluding diaryl/α,β-unsaturated/α-hetero) is 2. The number of ketones is 2. The standard InChI is InChI=1S/C34H43N3O8/c1-33(22-45-33)31(40)27(19-23-6-4-3-5-7-23)35-32(41)25(18-24-8-10-26(43-2)11-9-24)20-28(38)30(34(42)12-13-34)36-29(39)21-37-14-16-44-17-15-37/h3-11,25,27,30,42H,12-22H2,1-2H3,(H,35,41)(H,36,39). The molecule has 45 heavy (non-hydrogen) atoms. The summed E-state index contributed by atoms with van der Waals surface area (Å²) in [5.41, 5.74) is -0.630. The van der Waals surface area contributed by atoms with E-state index in [1.807, 2.05) is 47.4 Å². The van der Waals surface area contributed by atoms with Crippen molar-refractivity contribution in [2.24, 2.45) is 5.92 Å². The maximum atomic E-state index is 14.0. The van der Waals surface area contributed by atoms with Crippen LogP contribution in [0.4, 0.5) is 0 Å². The van der Waals surface area contributed by atoms with Crippen molar-refractivity contribution in [1.82, 2.24) is 15.5 Å². The first-order valence-electron chi connectivity index (χ1n) is 15.6. The summed E-state index contributed by atoms with van der Waals surface area (Å²) >= 11 is 0. The highest BCUT2D eigenvalue weighted by Gasteiger charge is 2.53. The van der Waals surface area contributed by atoms with Gasteiger partial charge < -0.3 is 30.0 Å². The summed E-state index contributed by atoms with van der Waals surface area (Å²) in [6, 6.07) is 14.6. The van der Waals surface area contributed by atoms with Crippen LogP contribution >= 0.6 is 0 Å². The minimum atomic E-state index is -1.34. The molecular weight excluding hydrogens is 578 g/mol. The highest BCUT2D eigenvalue weighted by atomic mass is 16.6. The van der Waals surface area contributed by atoms with Gasteiger partial charge in [0.25, 0.3) is 0 Å². The highest BCUT2D eigenvalue weighted by molar-refractivity contribution is 5.98. The molecule has 2 aromatic carbocycles. The lowest BCUT2D eigenvalue weighted by molar-refractivity contribution is -0.136. The molecule has 0 aromatic heterocycles. The van der Waals surface area contributed by atoms with Crippen molar-refractivity contribution in [2.45, 2.75) is 62.3 Å². The van der Waals surface area contributed by atoms with Gasteiger partial charge in [-0.15, -0.1) is 0 Å². The molecule has 3 aliphatic rings. The molecule has 2 heterocycles. The summed E-state index contributed by atoms with van der Waals surface area (Å²) < 4.78 is 16.0. The number of epoxide rings is 1. The molecule has 242 valence electrons. The number of rotatable bonds is 16. The van der Waals surface area contributed by atoms with Crippen molar-refractivity contribution < 1.29 is 38.5 Å². The molecule has 2 aliphatic heterocycles. The summed E-state index contributed by atoms with van der Waals surface area (Å²) in [5, 5.41) is 16.8. The molecule has 0 radical (unpaired) electrons. The second-order valence-electron chi connectivity index (χ2n) is 12.5. The van der Waals surface area contributed by atoms with Crippen molar-refractivity contribution in [3.8, 4) is 5.75 Å². The van der Waals surface area contributed by atoms with E-state index in [9.17, 15) is 24.3 Å². The van der Waals surface area contributed by atoms with Gasteiger partial charge in [-0.1, -0.05) is 42.5 Å². The van der Waals surface area contributed by atoms with Crippen LogP contribution in [-0.2, 0) is 41.5 Å². The van der Waals surface area contributed by atoms with Gasteiger partial charge in [-0.05, 0) is 55.9 Å². The lowest BCUT2D eigenvalue weighted by Crippen LogP contribution is -2.54. The van der Waals surface area contributed by atoms with Crippen molar-refractivity contribution >= 4 is 23.4 Å². The van der Waals surface area contributed by atoms with E-state index in [0.717, 1.165) is 11.1 Å². The van der Waals surface area contributed by atoms with E-state index in [0.29, 0.717) is 44.9 Å². The Morgan fingerprint density at radius 3 is 2.20 bits per heavy atom. The summed E-state index contributed by atoms with van der Waals surface area (Å²) in [7, 11) is 1.56. The first kappa shape index (κ1) is 32.7. The summed E-state index contributed by atoms with van der Waals surface area (Å²) in [6.07, 6.45) is 0.996. The number of nitrogens with zero attached hydrogens (tertiary/aromatic N) is 1. The van der Waals surface area contributed by atoms with Crippen LogP contribution in [0.3, 0.4) is 0 Å². The predicted molar refractivity (Wildman–Crippen MR) is 165 cm³/mol. The topological polar surface area (TPSA) is 147 Å². The third kappa shape index (κ3) is 8.76. The third-order valence-electron chi connectivity index (χ3n) is 8.87. The van der Waals surface area contributed by atoms with Gasteiger partial charge in [-0.25, -0.2) is 0 Å². The molecule has 0 bridgehead atoms. The molecule has 3 fully saturated rings. The van der Waals surface area contributed by atoms with Crippen molar-refractivity contribution in [3.63, 3.8) is 0 Å². The average molecular weight is 622 g/mol. The van der Waals surface area contributed by atoms with Crippen LogP contribution in [0.5, 0.6) is 5.75 Å². The van der Waals surface area contributed by atoms with E-state index < -0.39 is 40.9 Å². The molecular formula is C34H43N3O8. The fourth-order valence-electron chi connectivity index (χ4n) is 5.73. The summed E-state index contributed by atoms with van der Waals surface area (Å²) in [6.45, 7) is 4.34. The van der Waals surface area contributed by atoms with Crippen LogP contribution in [0.2, 0.25) is 0 Å². The average Bonchev–Trinajstić information content (AvgIpc) is 3.98. The number of morpholine rings is 1. The van der Waals surface area contributed by atoms with Gasteiger partial charge in [0, 0.05) is 25.4 Å². The second kappa shape index (κ2) is 14.2. The Bertz CT molecular complexity index is 1350. The van der Waals surface area contributed by atoms with Crippen molar-refractivity contribution in [1.29, 1.82) is 0 Å². The molecule has 4 atom stereocenters. The Hall–Kier alpha value is -3.64. The molecule has 2 amide bonds.